The van der Waals surface area contributed by atoms with Gasteiger partial charge >= 0.3 is 19.8 Å². The Morgan fingerprint density at radius 3 is 1.47 bits per heavy atom. The van der Waals surface area contributed by atoms with Gasteiger partial charge in [-0.05, 0) is 83.5 Å². The second kappa shape index (κ2) is 39.4. The van der Waals surface area contributed by atoms with Crippen molar-refractivity contribution < 1.29 is 42.1 Å². The predicted octanol–water partition coefficient (Wildman–Crippen LogP) is 12.6. The van der Waals surface area contributed by atoms with Crippen LogP contribution in [0.3, 0.4) is 0 Å². The van der Waals surface area contributed by atoms with E-state index >= 15 is 0 Å². The van der Waals surface area contributed by atoms with E-state index in [9.17, 15) is 19.0 Å². The van der Waals surface area contributed by atoms with Gasteiger partial charge in [-0.3, -0.25) is 18.6 Å². The number of phosphoric acid groups is 1. The number of phosphoric ester groups is 1. The molecule has 0 aromatic heterocycles. The Morgan fingerprint density at radius 2 is 0.983 bits per heavy atom. The molecule has 0 saturated carbocycles. The Labute approximate surface area is 353 Å². The molecule has 0 saturated heterocycles. The molecule has 58 heavy (non-hydrogen) atoms. The molecule has 0 aliphatic rings. The largest absolute Gasteiger partial charge is 0.472 e. The summed E-state index contributed by atoms with van der Waals surface area (Å²) in [7, 11) is 1.40. The Kier molecular flexibility index (Phi) is 37.3. The van der Waals surface area contributed by atoms with Gasteiger partial charge in [0.25, 0.3) is 0 Å². The summed E-state index contributed by atoms with van der Waals surface area (Å²) in [5.74, 6) is -0.939. The molecule has 0 heterocycles. The standard InChI is InChI=1S/C48H80NO8P/c1-6-8-10-12-14-16-18-20-22-24-26-28-30-32-34-36-38-40-47(50)54-44-46(45-56-58(52,53)55-43-42-49(3,4)5)57-48(51)41-39-37-35-33-31-29-27-25-23-21-19-17-15-13-11-9-7-2/h9,11,15,17,20-23,26-29,32-35,46H,6-8,10,12-14,16,18-19,24-25,30-31,36-45H2,1-5H3/p+1/b11-9-,17-15-,22-20-,23-21-,28-26-,29-27-,34-32-,35-33-/t46-/m1/s1. The smallest absolute Gasteiger partial charge is 0.462 e. The van der Waals surface area contributed by atoms with Gasteiger partial charge in [0.05, 0.1) is 27.7 Å². The number of esters is 2. The van der Waals surface area contributed by atoms with Crippen molar-refractivity contribution in [1.82, 2.24) is 0 Å². The third-order valence-electron chi connectivity index (χ3n) is 8.60. The van der Waals surface area contributed by atoms with Crippen LogP contribution in [0.25, 0.3) is 0 Å². The maximum atomic E-state index is 12.7. The van der Waals surface area contributed by atoms with Gasteiger partial charge in [-0.1, -0.05) is 143 Å². The summed E-state index contributed by atoms with van der Waals surface area (Å²) in [4.78, 5) is 35.3. The lowest BCUT2D eigenvalue weighted by atomic mass is 10.1. The van der Waals surface area contributed by atoms with Crippen molar-refractivity contribution in [1.29, 1.82) is 0 Å². The highest BCUT2D eigenvalue weighted by atomic mass is 31.2. The van der Waals surface area contributed by atoms with Gasteiger partial charge in [-0.2, -0.15) is 0 Å². The van der Waals surface area contributed by atoms with E-state index in [1.807, 2.05) is 27.2 Å². The highest BCUT2D eigenvalue weighted by Crippen LogP contribution is 2.43. The van der Waals surface area contributed by atoms with Gasteiger partial charge in [0.1, 0.15) is 19.8 Å². The Balaban J connectivity index is 4.57. The van der Waals surface area contributed by atoms with Crippen LogP contribution in [-0.4, -0.2) is 74.9 Å². The van der Waals surface area contributed by atoms with Crippen LogP contribution < -0.4 is 0 Å². The highest BCUT2D eigenvalue weighted by Gasteiger charge is 2.27. The second-order valence-corrected chi connectivity index (χ2v) is 16.8. The number of hydrogen-bond acceptors (Lipinski definition) is 7. The molecule has 2 atom stereocenters. The van der Waals surface area contributed by atoms with Crippen molar-refractivity contribution in [3.63, 3.8) is 0 Å². The summed E-state index contributed by atoms with van der Waals surface area (Å²) in [5.41, 5.74) is 0. The topological polar surface area (TPSA) is 108 Å². The van der Waals surface area contributed by atoms with E-state index in [-0.39, 0.29) is 26.1 Å². The number of allylic oxidation sites excluding steroid dienone is 16. The first-order chi connectivity index (χ1) is 28.0. The minimum absolute atomic E-state index is 0.00789. The van der Waals surface area contributed by atoms with Gasteiger partial charge < -0.3 is 18.9 Å². The Morgan fingerprint density at radius 1 is 0.552 bits per heavy atom. The molecule has 9 nitrogen and oxygen atoms in total. The fourth-order valence-corrected chi connectivity index (χ4v) is 5.92. The first kappa shape index (κ1) is 54.9. The van der Waals surface area contributed by atoms with Crippen LogP contribution in [0.5, 0.6) is 0 Å². The maximum absolute atomic E-state index is 12.7. The number of nitrogens with zero attached hydrogens (tertiary/aromatic N) is 1. The molecule has 0 aromatic carbocycles. The van der Waals surface area contributed by atoms with Crippen LogP contribution in [-0.2, 0) is 32.7 Å². The molecule has 0 bridgehead atoms. The van der Waals surface area contributed by atoms with Crippen molar-refractivity contribution in [2.45, 2.75) is 148 Å². The van der Waals surface area contributed by atoms with Gasteiger partial charge in [0.15, 0.2) is 6.10 Å². The molecular weight excluding hydrogens is 750 g/mol. The number of carbonyl (C=O) groups is 2. The molecule has 0 radical (unpaired) electrons. The zero-order chi connectivity index (χ0) is 42.8. The average molecular weight is 831 g/mol. The minimum Gasteiger partial charge on any atom is -0.462 e. The molecule has 330 valence electrons. The number of ether oxygens (including phenoxy) is 2. The van der Waals surface area contributed by atoms with E-state index in [1.54, 1.807) is 0 Å². The molecule has 0 aliphatic heterocycles. The average Bonchev–Trinajstić information content (AvgIpc) is 3.17. The number of hydrogen-bond donors (Lipinski definition) is 1. The van der Waals surface area contributed by atoms with Crippen LogP contribution in [0.15, 0.2) is 97.2 Å². The minimum atomic E-state index is -4.41. The van der Waals surface area contributed by atoms with Gasteiger partial charge in [0.2, 0.25) is 0 Å². The normalized spacial score (nSPS) is 14.5. The monoisotopic (exact) mass is 831 g/mol. The third-order valence-corrected chi connectivity index (χ3v) is 9.58. The summed E-state index contributed by atoms with van der Waals surface area (Å²) >= 11 is 0. The van der Waals surface area contributed by atoms with Gasteiger partial charge in [-0.15, -0.1) is 0 Å². The summed E-state index contributed by atoms with van der Waals surface area (Å²) in [6, 6.07) is 0. The number of carbonyl (C=O) groups excluding carboxylic acids is 2. The van der Waals surface area contributed by atoms with Crippen LogP contribution in [0, 0.1) is 0 Å². The van der Waals surface area contributed by atoms with Crippen LogP contribution in [0.1, 0.15) is 142 Å². The van der Waals surface area contributed by atoms with E-state index in [4.69, 9.17) is 18.5 Å². The van der Waals surface area contributed by atoms with Crippen LogP contribution >= 0.6 is 7.82 Å². The number of rotatable bonds is 38. The summed E-state index contributed by atoms with van der Waals surface area (Å²) in [6.45, 7) is 4.15. The van der Waals surface area contributed by atoms with E-state index < -0.39 is 32.5 Å². The number of quaternary nitrogens is 1. The van der Waals surface area contributed by atoms with Gasteiger partial charge in [0, 0.05) is 12.8 Å². The molecule has 0 fully saturated rings. The summed E-state index contributed by atoms with van der Waals surface area (Å²) in [6.07, 6.45) is 51.9. The first-order valence-electron chi connectivity index (χ1n) is 22.0. The van der Waals surface area contributed by atoms with E-state index in [0.29, 0.717) is 30.3 Å². The van der Waals surface area contributed by atoms with Crippen LogP contribution in [0.2, 0.25) is 0 Å². The third kappa shape index (κ3) is 42.5. The van der Waals surface area contributed by atoms with E-state index in [0.717, 1.165) is 57.8 Å². The van der Waals surface area contributed by atoms with Crippen molar-refractivity contribution >= 4 is 19.8 Å². The SMILES string of the molecule is CC/C=C\C/C=C\C/C=C\C/C=C\C/C=C\CCCC(=O)O[C@H](COC(=O)CCC/C=C\C/C=C\C/C=C\CCCCCCCC)COP(=O)(O)OCC[N+](C)(C)C. The van der Waals surface area contributed by atoms with Crippen molar-refractivity contribution in [3.05, 3.63) is 97.2 Å². The fourth-order valence-electron chi connectivity index (χ4n) is 5.18. The number of unbranched alkanes of at least 4 members (excludes halogenated alkanes) is 8. The Hall–Kier alpha value is -3.07. The van der Waals surface area contributed by atoms with E-state index in [1.165, 1.54) is 38.5 Å². The van der Waals surface area contributed by atoms with Crippen LogP contribution in [0.4, 0.5) is 0 Å². The van der Waals surface area contributed by atoms with Gasteiger partial charge in [-0.25, -0.2) is 4.57 Å². The van der Waals surface area contributed by atoms with Crippen molar-refractivity contribution in [3.8, 4) is 0 Å². The lowest BCUT2D eigenvalue weighted by molar-refractivity contribution is -0.870. The zero-order valence-electron chi connectivity index (χ0n) is 37.0. The molecule has 0 rings (SSSR count). The highest BCUT2D eigenvalue weighted by molar-refractivity contribution is 7.47. The molecule has 1 unspecified atom stereocenters. The first-order valence-corrected chi connectivity index (χ1v) is 23.5. The lowest BCUT2D eigenvalue weighted by Gasteiger charge is -2.24. The lowest BCUT2D eigenvalue weighted by Crippen LogP contribution is -2.37. The molecule has 0 spiro atoms. The fraction of sp³-hybridized carbons (Fsp3) is 0.625. The zero-order valence-corrected chi connectivity index (χ0v) is 37.9. The van der Waals surface area contributed by atoms with E-state index in [2.05, 4.69) is 105 Å². The molecule has 0 aromatic rings. The number of likely N-dealkylation sites (N-methyl/N-ethyl adjacent to an activating group) is 1. The molecule has 10 heteroatoms. The Bertz CT molecular complexity index is 1300. The quantitative estimate of drug-likeness (QED) is 0.0215. The summed E-state index contributed by atoms with van der Waals surface area (Å²) in [5, 5.41) is 0. The maximum Gasteiger partial charge on any atom is 0.472 e. The molecule has 1 N–H and O–H groups in total. The predicted molar refractivity (Wildman–Crippen MR) is 242 cm³/mol. The second-order valence-electron chi connectivity index (χ2n) is 15.3. The molecule has 0 amide bonds. The van der Waals surface area contributed by atoms with Crippen molar-refractivity contribution in [2.75, 3.05) is 47.5 Å². The molecule has 0 aliphatic carbocycles. The molecular formula is C48H81NO8P+. The summed E-state index contributed by atoms with van der Waals surface area (Å²) < 4.78 is 34.2. The van der Waals surface area contributed by atoms with Crippen molar-refractivity contribution in [2.24, 2.45) is 0 Å².